The van der Waals surface area contributed by atoms with Gasteiger partial charge in [0.1, 0.15) is 0 Å². The van der Waals surface area contributed by atoms with Crippen molar-refractivity contribution in [2.24, 2.45) is 23.0 Å². The molecule has 0 saturated heterocycles. The van der Waals surface area contributed by atoms with Crippen molar-refractivity contribution in [3.63, 3.8) is 0 Å². The first-order valence-corrected chi connectivity index (χ1v) is 5.98. The fourth-order valence-electron chi connectivity index (χ4n) is 2.93. The van der Waals surface area contributed by atoms with E-state index in [9.17, 15) is 0 Å². The number of rotatable bonds is 3. The van der Waals surface area contributed by atoms with Gasteiger partial charge >= 0.3 is 0 Å². The molecule has 0 bridgehead atoms. The van der Waals surface area contributed by atoms with Crippen molar-refractivity contribution < 1.29 is 0 Å². The van der Waals surface area contributed by atoms with Crippen molar-refractivity contribution >= 4 is 0 Å². The summed E-state index contributed by atoms with van der Waals surface area (Å²) in [6.45, 7) is 5.35. The molecule has 88 valence electrons. The Morgan fingerprint density at radius 2 is 2.00 bits per heavy atom. The predicted octanol–water partition coefficient (Wildman–Crippen LogP) is 1.43. The second-order valence-electron chi connectivity index (χ2n) is 5.30. The minimum absolute atomic E-state index is 0.196. The highest BCUT2D eigenvalue weighted by Crippen LogP contribution is 2.46. The summed E-state index contributed by atoms with van der Waals surface area (Å²) >= 11 is 0. The summed E-state index contributed by atoms with van der Waals surface area (Å²) < 4.78 is 0. The normalized spacial score (nSPS) is 34.2. The van der Waals surface area contributed by atoms with Gasteiger partial charge < -0.3 is 5.73 Å². The zero-order valence-electron chi connectivity index (χ0n) is 10.1. The Morgan fingerprint density at radius 1 is 1.31 bits per heavy atom. The second-order valence-corrected chi connectivity index (χ2v) is 5.30. The first-order valence-electron chi connectivity index (χ1n) is 5.98. The molecule has 16 heavy (non-hydrogen) atoms. The third-order valence-electron chi connectivity index (χ3n) is 3.98. The van der Waals surface area contributed by atoms with Gasteiger partial charge in [0, 0.05) is 12.6 Å². The predicted molar refractivity (Wildman–Crippen MR) is 62.6 cm³/mol. The van der Waals surface area contributed by atoms with Crippen LogP contribution in [0.15, 0.2) is 12.4 Å². The van der Waals surface area contributed by atoms with Crippen LogP contribution in [-0.2, 0) is 6.42 Å². The summed E-state index contributed by atoms with van der Waals surface area (Å²) in [4.78, 5) is 4.26. The van der Waals surface area contributed by atoms with Crippen molar-refractivity contribution in [1.82, 2.24) is 15.2 Å². The molecule has 2 unspecified atom stereocenters. The lowest BCUT2D eigenvalue weighted by Crippen LogP contribution is -2.31. The SMILES string of the molecule is CC1CC(CN)(Cc2nccnn2)C[C@H]1C. The van der Waals surface area contributed by atoms with E-state index in [0.29, 0.717) is 0 Å². The van der Waals surface area contributed by atoms with Crippen LogP contribution >= 0.6 is 0 Å². The summed E-state index contributed by atoms with van der Waals surface area (Å²) in [6, 6.07) is 0. The number of nitrogens with two attached hydrogens (primary N) is 1. The Balaban J connectivity index is 2.12. The van der Waals surface area contributed by atoms with Crippen LogP contribution in [0.25, 0.3) is 0 Å². The first-order chi connectivity index (χ1) is 7.65. The molecule has 1 saturated carbocycles. The molecule has 0 aromatic carbocycles. The first kappa shape index (κ1) is 11.5. The third kappa shape index (κ3) is 2.21. The molecule has 2 rings (SSSR count). The molecule has 1 aliphatic rings. The molecule has 0 radical (unpaired) electrons. The Labute approximate surface area is 96.7 Å². The van der Waals surface area contributed by atoms with Crippen molar-refractivity contribution in [2.75, 3.05) is 6.54 Å². The quantitative estimate of drug-likeness (QED) is 0.836. The average molecular weight is 220 g/mol. The summed E-state index contributed by atoms with van der Waals surface area (Å²) in [5, 5.41) is 7.95. The van der Waals surface area contributed by atoms with E-state index in [1.54, 1.807) is 12.4 Å². The Kier molecular flexibility index (Phi) is 3.19. The molecule has 4 nitrogen and oxygen atoms in total. The van der Waals surface area contributed by atoms with Gasteiger partial charge in [-0.2, -0.15) is 5.10 Å². The maximum Gasteiger partial charge on any atom is 0.151 e. The number of nitrogens with zero attached hydrogens (tertiary/aromatic N) is 3. The lowest BCUT2D eigenvalue weighted by molar-refractivity contribution is 0.284. The van der Waals surface area contributed by atoms with E-state index in [4.69, 9.17) is 5.73 Å². The minimum Gasteiger partial charge on any atom is -0.330 e. The summed E-state index contributed by atoms with van der Waals surface area (Å²) in [5.41, 5.74) is 6.16. The van der Waals surface area contributed by atoms with E-state index in [1.165, 1.54) is 12.8 Å². The van der Waals surface area contributed by atoms with Gasteiger partial charge in [-0.05, 0) is 36.6 Å². The summed E-state index contributed by atoms with van der Waals surface area (Å²) in [6.07, 6.45) is 6.55. The minimum atomic E-state index is 0.196. The van der Waals surface area contributed by atoms with Crippen LogP contribution in [0.2, 0.25) is 0 Å². The molecule has 1 aliphatic carbocycles. The van der Waals surface area contributed by atoms with E-state index in [2.05, 4.69) is 29.0 Å². The maximum atomic E-state index is 5.97. The van der Waals surface area contributed by atoms with Gasteiger partial charge in [0.15, 0.2) is 5.82 Å². The lowest BCUT2D eigenvalue weighted by Gasteiger charge is -2.26. The molecule has 0 spiro atoms. The smallest absolute Gasteiger partial charge is 0.151 e. The Morgan fingerprint density at radius 3 is 2.50 bits per heavy atom. The highest BCUT2D eigenvalue weighted by Gasteiger charge is 2.41. The highest BCUT2D eigenvalue weighted by molar-refractivity contribution is 4.98. The average Bonchev–Trinajstić information content (AvgIpc) is 2.56. The molecule has 1 aromatic rings. The number of aromatic nitrogens is 3. The molecule has 1 aromatic heterocycles. The maximum absolute atomic E-state index is 5.97. The zero-order chi connectivity index (χ0) is 11.6. The lowest BCUT2D eigenvalue weighted by atomic mass is 9.81. The van der Waals surface area contributed by atoms with Gasteiger partial charge in [-0.1, -0.05) is 13.8 Å². The molecule has 1 heterocycles. The second kappa shape index (κ2) is 4.45. The largest absolute Gasteiger partial charge is 0.330 e. The number of hydrogen-bond donors (Lipinski definition) is 1. The molecule has 2 N–H and O–H groups in total. The fraction of sp³-hybridized carbons (Fsp3) is 0.750. The van der Waals surface area contributed by atoms with E-state index in [1.807, 2.05) is 0 Å². The Hall–Kier alpha value is -1.03. The van der Waals surface area contributed by atoms with E-state index < -0.39 is 0 Å². The standard InChI is InChI=1S/C12H20N4/c1-9-5-12(8-13,6-10(9)2)7-11-14-3-4-15-16-11/h3-4,9-10H,5-8,13H2,1-2H3/t9-,10?,12?/m1/s1. The van der Waals surface area contributed by atoms with E-state index in [-0.39, 0.29) is 5.41 Å². The highest BCUT2D eigenvalue weighted by atomic mass is 15.1. The summed E-state index contributed by atoms with van der Waals surface area (Å²) in [7, 11) is 0. The van der Waals surface area contributed by atoms with Crippen LogP contribution in [0.5, 0.6) is 0 Å². The fourth-order valence-corrected chi connectivity index (χ4v) is 2.93. The van der Waals surface area contributed by atoms with Gasteiger partial charge in [0.2, 0.25) is 0 Å². The molecule has 0 aliphatic heterocycles. The number of hydrogen-bond acceptors (Lipinski definition) is 4. The van der Waals surface area contributed by atoms with Crippen molar-refractivity contribution in [1.29, 1.82) is 0 Å². The van der Waals surface area contributed by atoms with Crippen LogP contribution in [0.4, 0.5) is 0 Å². The van der Waals surface area contributed by atoms with Crippen molar-refractivity contribution in [3.8, 4) is 0 Å². The van der Waals surface area contributed by atoms with Crippen LogP contribution in [0.3, 0.4) is 0 Å². The van der Waals surface area contributed by atoms with Gasteiger partial charge in [0.05, 0.1) is 6.20 Å². The summed E-state index contributed by atoms with van der Waals surface area (Å²) in [5.74, 6) is 2.33. The van der Waals surface area contributed by atoms with Crippen LogP contribution in [-0.4, -0.2) is 21.7 Å². The van der Waals surface area contributed by atoms with Gasteiger partial charge in [-0.15, -0.1) is 5.10 Å². The monoisotopic (exact) mass is 220 g/mol. The van der Waals surface area contributed by atoms with Crippen LogP contribution in [0, 0.1) is 17.3 Å². The van der Waals surface area contributed by atoms with Gasteiger partial charge in [0.25, 0.3) is 0 Å². The van der Waals surface area contributed by atoms with E-state index >= 15 is 0 Å². The molecule has 3 atom stereocenters. The van der Waals surface area contributed by atoms with Gasteiger partial charge in [-0.3, -0.25) is 0 Å². The molecule has 1 fully saturated rings. The molecular weight excluding hydrogens is 200 g/mol. The van der Waals surface area contributed by atoms with Crippen molar-refractivity contribution in [2.45, 2.75) is 33.1 Å². The van der Waals surface area contributed by atoms with Crippen LogP contribution in [0.1, 0.15) is 32.5 Å². The topological polar surface area (TPSA) is 64.7 Å². The molecule has 0 amide bonds. The zero-order valence-corrected chi connectivity index (χ0v) is 10.1. The van der Waals surface area contributed by atoms with E-state index in [0.717, 1.165) is 30.6 Å². The molecule has 4 heteroatoms. The van der Waals surface area contributed by atoms with Crippen molar-refractivity contribution in [3.05, 3.63) is 18.2 Å². The van der Waals surface area contributed by atoms with Gasteiger partial charge in [-0.25, -0.2) is 4.98 Å². The third-order valence-corrected chi connectivity index (χ3v) is 3.98. The Bertz CT molecular complexity index is 328. The van der Waals surface area contributed by atoms with Crippen LogP contribution < -0.4 is 5.73 Å². The molecular formula is C12H20N4.